The number of rotatable bonds is 26. The first-order chi connectivity index (χ1) is 40.1. The zero-order chi connectivity index (χ0) is 62.1. The fourth-order valence-corrected chi connectivity index (χ4v) is 9.28. The molecule has 1 saturated heterocycles. The van der Waals surface area contributed by atoms with E-state index in [2.05, 4.69) is 20.9 Å². The lowest BCUT2D eigenvalue weighted by atomic mass is 10.1. The Hall–Kier alpha value is -8.18. The molecule has 0 radical (unpaired) electrons. The SMILES string of the molecule is CC(=O)NC(CC(=O)OC(C)(C)C)C(=O)NC(CC(=O)OC(C)(C)C)C(=O)NC(CC(=O)OC(C)(C)C)C(=O)N(C)CCCN(CCCN1CCOCC1)C(=O)Oc1c(Cc2ccco2)nc2c(Cc3ccccc3)nc(-c3ccccc3)cn12. The minimum absolute atomic E-state index is 0.00219. The molecule has 3 unspecified atom stereocenters. The van der Waals surface area contributed by atoms with Crippen LogP contribution in [0, 0.1) is 0 Å². The molecule has 6 rings (SSSR count). The lowest BCUT2D eigenvalue weighted by Gasteiger charge is -2.29. The quantitative estimate of drug-likeness (QED) is 0.0410. The molecule has 5 aromatic rings. The summed E-state index contributed by atoms with van der Waals surface area (Å²) in [5, 5.41) is 7.39. The molecule has 0 saturated carbocycles. The normalized spacial score (nSPS) is 14.1. The van der Waals surface area contributed by atoms with E-state index in [1.807, 2.05) is 66.7 Å². The number of morpholine rings is 1. The highest BCUT2D eigenvalue weighted by Gasteiger charge is 2.36. The number of fused-ring (bicyclic) bond motifs is 1. The Morgan fingerprint density at radius 3 is 1.73 bits per heavy atom. The van der Waals surface area contributed by atoms with Crippen molar-refractivity contribution in [3.05, 3.63) is 108 Å². The van der Waals surface area contributed by atoms with Crippen LogP contribution < -0.4 is 20.7 Å². The monoisotopic (exact) mass is 1180 g/mol. The molecule has 1 fully saturated rings. The van der Waals surface area contributed by atoms with Gasteiger partial charge < -0.3 is 53.9 Å². The number of nitrogens with one attached hydrogen (secondary N) is 3. The molecular formula is C62H83N9O14. The van der Waals surface area contributed by atoms with Gasteiger partial charge >= 0.3 is 24.0 Å². The van der Waals surface area contributed by atoms with Crippen LogP contribution in [0.3, 0.4) is 0 Å². The maximum atomic E-state index is 14.9. The van der Waals surface area contributed by atoms with Gasteiger partial charge in [0.2, 0.25) is 29.5 Å². The Kier molecular flexibility index (Phi) is 23.3. The molecular weight excluding hydrogens is 1090 g/mol. The number of hydrogen-bond acceptors (Lipinski definition) is 17. The van der Waals surface area contributed by atoms with E-state index in [-0.39, 0.29) is 38.4 Å². The molecule has 3 N–H and O–H groups in total. The van der Waals surface area contributed by atoms with Gasteiger partial charge in [0, 0.05) is 71.4 Å². The van der Waals surface area contributed by atoms with Crippen LogP contribution >= 0.6 is 0 Å². The Balaban J connectivity index is 1.27. The predicted molar refractivity (Wildman–Crippen MR) is 314 cm³/mol. The molecule has 23 nitrogen and oxygen atoms in total. The number of furan rings is 1. The molecule has 2 aromatic carbocycles. The van der Waals surface area contributed by atoms with Gasteiger partial charge in [0.1, 0.15) is 46.4 Å². The van der Waals surface area contributed by atoms with E-state index in [1.54, 1.807) is 90.1 Å². The highest BCUT2D eigenvalue weighted by molar-refractivity contribution is 5.98. The van der Waals surface area contributed by atoms with Crippen LogP contribution in [0.15, 0.2) is 89.7 Å². The molecule has 85 heavy (non-hydrogen) atoms. The molecule has 3 atom stereocenters. The Bertz CT molecular complexity index is 3070. The van der Waals surface area contributed by atoms with Crippen molar-refractivity contribution in [1.29, 1.82) is 0 Å². The summed E-state index contributed by atoms with van der Waals surface area (Å²) in [7, 11) is 1.47. The predicted octanol–water partition coefficient (Wildman–Crippen LogP) is 6.21. The fourth-order valence-electron chi connectivity index (χ4n) is 9.28. The van der Waals surface area contributed by atoms with Crippen LogP contribution in [0.4, 0.5) is 4.79 Å². The van der Waals surface area contributed by atoms with Gasteiger partial charge in [0.25, 0.3) is 0 Å². The first-order valence-electron chi connectivity index (χ1n) is 28.7. The van der Waals surface area contributed by atoms with Crippen molar-refractivity contribution in [2.45, 2.75) is 149 Å². The summed E-state index contributed by atoms with van der Waals surface area (Å²) in [6.07, 6.45) is 2.01. The lowest BCUT2D eigenvalue weighted by Crippen LogP contribution is -2.58. The minimum Gasteiger partial charge on any atom is -0.469 e. The van der Waals surface area contributed by atoms with Crippen LogP contribution in [0.1, 0.15) is 124 Å². The topological polar surface area (TPSA) is 272 Å². The maximum Gasteiger partial charge on any atom is 0.416 e. The van der Waals surface area contributed by atoms with Crippen molar-refractivity contribution in [3.8, 4) is 17.1 Å². The van der Waals surface area contributed by atoms with Crippen molar-refractivity contribution in [2.24, 2.45) is 0 Å². The number of nitrogens with zero attached hydrogens (tertiary/aromatic N) is 6. The van der Waals surface area contributed by atoms with E-state index in [1.165, 1.54) is 11.9 Å². The first-order valence-corrected chi connectivity index (χ1v) is 28.7. The highest BCUT2D eigenvalue weighted by Crippen LogP contribution is 2.30. The summed E-state index contributed by atoms with van der Waals surface area (Å²) in [6.45, 7) is 19.4. The van der Waals surface area contributed by atoms with Crippen LogP contribution in [-0.2, 0) is 65.4 Å². The minimum atomic E-state index is -1.75. The zero-order valence-corrected chi connectivity index (χ0v) is 50.8. The van der Waals surface area contributed by atoms with Gasteiger partial charge in [-0.2, -0.15) is 0 Å². The molecule has 0 bridgehead atoms. The van der Waals surface area contributed by atoms with Crippen molar-refractivity contribution in [2.75, 3.05) is 59.5 Å². The molecule has 0 spiro atoms. The number of carbonyl (C=O) groups is 8. The molecule has 1 aliphatic rings. The summed E-state index contributed by atoms with van der Waals surface area (Å²) < 4.78 is 36.1. The second kappa shape index (κ2) is 30.1. The summed E-state index contributed by atoms with van der Waals surface area (Å²) in [5.74, 6) is -5.34. The molecule has 1 aliphatic heterocycles. The van der Waals surface area contributed by atoms with Gasteiger partial charge in [-0.15, -0.1) is 0 Å². The van der Waals surface area contributed by atoms with Crippen LogP contribution in [0.2, 0.25) is 0 Å². The fraction of sp³-hybridized carbons (Fsp3) is 0.516. The van der Waals surface area contributed by atoms with E-state index in [0.29, 0.717) is 61.1 Å². The Labute approximate surface area is 496 Å². The van der Waals surface area contributed by atoms with Crippen LogP contribution in [-0.4, -0.2) is 171 Å². The first kappa shape index (κ1) is 66.0. The second-order valence-electron chi connectivity index (χ2n) is 23.9. The average molecular weight is 1180 g/mol. The number of hydrogen-bond donors (Lipinski definition) is 3. The Morgan fingerprint density at radius 2 is 1.18 bits per heavy atom. The van der Waals surface area contributed by atoms with Gasteiger partial charge in [-0.3, -0.25) is 42.9 Å². The maximum absolute atomic E-state index is 14.9. The van der Waals surface area contributed by atoms with Gasteiger partial charge in [-0.25, -0.2) is 14.8 Å². The Morgan fingerprint density at radius 1 is 0.635 bits per heavy atom. The molecule has 23 heteroatoms. The van der Waals surface area contributed by atoms with E-state index in [4.69, 9.17) is 38.1 Å². The third-order valence-electron chi connectivity index (χ3n) is 13.0. The third-order valence-corrected chi connectivity index (χ3v) is 13.0. The van der Waals surface area contributed by atoms with Crippen molar-refractivity contribution >= 4 is 53.3 Å². The number of ether oxygens (including phenoxy) is 5. The number of esters is 3. The van der Waals surface area contributed by atoms with Crippen molar-refractivity contribution in [1.82, 2.24) is 45.0 Å². The number of carbonyl (C=O) groups excluding carboxylic acids is 8. The van der Waals surface area contributed by atoms with Crippen molar-refractivity contribution < 1.29 is 66.5 Å². The summed E-state index contributed by atoms with van der Waals surface area (Å²) in [5.41, 5.74) is 1.10. The van der Waals surface area contributed by atoms with Crippen LogP contribution in [0.25, 0.3) is 16.9 Å². The smallest absolute Gasteiger partial charge is 0.416 e. The van der Waals surface area contributed by atoms with Gasteiger partial charge in [-0.05, 0) is 92.9 Å². The average Bonchev–Trinajstić information content (AvgIpc) is 1.98. The summed E-state index contributed by atoms with van der Waals surface area (Å²) >= 11 is 0. The number of aromatic nitrogens is 3. The van der Waals surface area contributed by atoms with Gasteiger partial charge in [0.05, 0.1) is 56.5 Å². The molecule has 4 heterocycles. The van der Waals surface area contributed by atoms with Crippen LogP contribution in [0.5, 0.6) is 5.88 Å². The number of benzene rings is 2. The van der Waals surface area contributed by atoms with E-state index in [0.717, 1.165) is 31.1 Å². The zero-order valence-electron chi connectivity index (χ0n) is 50.8. The molecule has 5 amide bonds. The van der Waals surface area contributed by atoms with E-state index in [9.17, 15) is 38.4 Å². The summed E-state index contributed by atoms with van der Waals surface area (Å²) in [6, 6.07) is 18.2. The van der Waals surface area contributed by atoms with Gasteiger partial charge in [-0.1, -0.05) is 60.7 Å². The highest BCUT2D eigenvalue weighted by atomic mass is 16.6. The largest absolute Gasteiger partial charge is 0.469 e. The number of imidazole rings is 1. The molecule has 3 aromatic heterocycles. The lowest BCUT2D eigenvalue weighted by molar-refractivity contribution is -0.159. The standard InChI is InChI=1S/C62H83N9O14/c1-41(72)63-46(37-51(73)83-60(2,3)4)55(76)66-47(38-52(74)84-61(5,6)7)56(77)67-48(39-53(75)85-62(8,9)10)57(78)68(11)26-19-28-70(29-20-27-69-30-33-80-34-31-69)59(79)82-58-49(36-44-25-18-32-81-44)65-54-45(35-42-21-14-12-15-22-42)64-50(40-71(54)58)43-23-16-13-17-24-43/h12-18,21-25,32,40,46-48H,19-20,26-31,33-39H2,1-11H3,(H,63,72)(H,66,76)(H,67,77). The second-order valence-corrected chi connectivity index (χ2v) is 23.9. The van der Waals surface area contributed by atoms with E-state index >= 15 is 0 Å². The summed E-state index contributed by atoms with van der Waals surface area (Å²) in [4.78, 5) is 125. The third kappa shape index (κ3) is 21.8. The number of amides is 5. The molecule has 460 valence electrons. The van der Waals surface area contributed by atoms with Gasteiger partial charge in [0.15, 0.2) is 5.65 Å². The van der Waals surface area contributed by atoms with Crippen molar-refractivity contribution in [3.63, 3.8) is 0 Å². The van der Waals surface area contributed by atoms with E-state index < -0.39 is 102 Å². The number of likely N-dealkylation sites (N-methyl/N-ethyl adjacent to an activating group) is 1. The molecule has 0 aliphatic carbocycles.